The van der Waals surface area contributed by atoms with Gasteiger partial charge in [0.15, 0.2) is 5.41 Å². The Morgan fingerprint density at radius 3 is 0.892 bits per heavy atom. The maximum atomic E-state index is 12.8. The minimum atomic E-state index is -1.14. The normalized spacial score (nSPS) is 11.6. The van der Waals surface area contributed by atoms with Crippen LogP contribution in [0.25, 0.3) is 0 Å². The van der Waals surface area contributed by atoms with Crippen LogP contribution in [0.1, 0.15) is 182 Å². The maximum absolute atomic E-state index is 12.8. The summed E-state index contributed by atoms with van der Waals surface area (Å²) in [5.41, 5.74) is -1.14. The van der Waals surface area contributed by atoms with Crippen molar-refractivity contribution in [3.63, 3.8) is 0 Å². The lowest BCUT2D eigenvalue weighted by molar-refractivity contribution is -0.173. The SMILES string of the molecule is CCCCCCCCCCCCCCCOC(=O)C(CC)(CC)C(=O)OCCCCCCCCCCC. The van der Waals surface area contributed by atoms with Crippen LogP contribution in [-0.4, -0.2) is 25.2 Å². The van der Waals surface area contributed by atoms with Gasteiger partial charge in [-0.05, 0) is 25.7 Å². The molecule has 0 aliphatic rings. The van der Waals surface area contributed by atoms with Crippen molar-refractivity contribution in [2.75, 3.05) is 13.2 Å². The Kier molecular flexibility index (Phi) is 25.8. The highest BCUT2D eigenvalue weighted by Gasteiger charge is 2.45. The lowest BCUT2D eigenvalue weighted by Crippen LogP contribution is -2.41. The van der Waals surface area contributed by atoms with E-state index in [1.54, 1.807) is 0 Å². The van der Waals surface area contributed by atoms with Crippen LogP contribution in [0.4, 0.5) is 0 Å². The fourth-order valence-electron chi connectivity index (χ4n) is 5.05. The molecule has 0 rings (SSSR count). The summed E-state index contributed by atoms with van der Waals surface area (Å²) in [7, 11) is 0. The van der Waals surface area contributed by atoms with Gasteiger partial charge in [-0.1, -0.05) is 156 Å². The standard InChI is InChI=1S/C33H64O4/c1-5-9-11-13-15-17-18-19-20-22-24-26-28-30-37-32(35)33(7-3,8-4)31(34)36-29-27-25-23-21-16-14-12-10-6-2/h5-30H2,1-4H3. The van der Waals surface area contributed by atoms with Crippen LogP contribution in [0.2, 0.25) is 0 Å². The zero-order valence-electron chi connectivity index (χ0n) is 25.5. The van der Waals surface area contributed by atoms with E-state index in [1.807, 2.05) is 13.8 Å². The molecule has 0 atom stereocenters. The molecule has 0 aliphatic carbocycles. The summed E-state index contributed by atoms with van der Waals surface area (Å²) < 4.78 is 11.1. The van der Waals surface area contributed by atoms with Crippen molar-refractivity contribution >= 4 is 11.9 Å². The van der Waals surface area contributed by atoms with Gasteiger partial charge in [-0.3, -0.25) is 9.59 Å². The van der Waals surface area contributed by atoms with E-state index in [4.69, 9.17) is 9.47 Å². The summed E-state index contributed by atoms with van der Waals surface area (Å²) in [5, 5.41) is 0. The smallest absolute Gasteiger partial charge is 0.323 e. The molecule has 0 N–H and O–H groups in total. The van der Waals surface area contributed by atoms with Crippen LogP contribution in [0.3, 0.4) is 0 Å². The van der Waals surface area contributed by atoms with Crippen molar-refractivity contribution in [2.24, 2.45) is 5.41 Å². The van der Waals surface area contributed by atoms with Gasteiger partial charge in [-0.25, -0.2) is 0 Å². The van der Waals surface area contributed by atoms with Crippen LogP contribution < -0.4 is 0 Å². The number of ether oxygens (including phenoxy) is 2. The third-order valence-electron chi connectivity index (χ3n) is 7.95. The topological polar surface area (TPSA) is 52.6 Å². The lowest BCUT2D eigenvalue weighted by atomic mass is 9.82. The molecule has 0 saturated heterocycles. The summed E-state index contributed by atoms with van der Waals surface area (Å²) in [6, 6.07) is 0. The molecule has 0 unspecified atom stereocenters. The van der Waals surface area contributed by atoms with Crippen LogP contribution in [0.5, 0.6) is 0 Å². The highest BCUT2D eigenvalue weighted by Crippen LogP contribution is 2.30. The van der Waals surface area contributed by atoms with Crippen molar-refractivity contribution in [2.45, 2.75) is 182 Å². The first-order valence-electron chi connectivity index (χ1n) is 16.4. The third kappa shape index (κ3) is 18.8. The second-order valence-corrected chi connectivity index (χ2v) is 11.1. The van der Waals surface area contributed by atoms with Gasteiger partial charge in [0.25, 0.3) is 0 Å². The van der Waals surface area contributed by atoms with Crippen LogP contribution >= 0.6 is 0 Å². The summed E-state index contributed by atoms with van der Waals surface area (Å²) in [6.45, 7) is 9.09. The Hall–Kier alpha value is -1.06. The quantitative estimate of drug-likeness (QED) is 0.0580. The molecule has 37 heavy (non-hydrogen) atoms. The van der Waals surface area contributed by atoms with E-state index in [-0.39, 0.29) is 0 Å². The molecule has 0 aromatic heterocycles. The summed E-state index contributed by atoms with van der Waals surface area (Å²) in [6.07, 6.45) is 28.6. The van der Waals surface area contributed by atoms with Crippen molar-refractivity contribution in [1.29, 1.82) is 0 Å². The van der Waals surface area contributed by atoms with Gasteiger partial charge in [-0.2, -0.15) is 0 Å². The molecule has 0 amide bonds. The van der Waals surface area contributed by atoms with E-state index < -0.39 is 17.4 Å². The average Bonchev–Trinajstić information content (AvgIpc) is 2.91. The highest BCUT2D eigenvalue weighted by molar-refractivity contribution is 5.99. The zero-order chi connectivity index (χ0) is 27.5. The van der Waals surface area contributed by atoms with Gasteiger partial charge in [0.05, 0.1) is 13.2 Å². The number of carbonyl (C=O) groups excluding carboxylic acids is 2. The van der Waals surface area contributed by atoms with Crippen LogP contribution in [0, 0.1) is 5.41 Å². The first kappa shape index (κ1) is 35.9. The highest BCUT2D eigenvalue weighted by atomic mass is 16.6. The number of hydrogen-bond donors (Lipinski definition) is 0. The van der Waals surface area contributed by atoms with Crippen molar-refractivity contribution < 1.29 is 19.1 Å². The van der Waals surface area contributed by atoms with Gasteiger partial charge < -0.3 is 9.47 Å². The number of hydrogen-bond acceptors (Lipinski definition) is 4. The molecule has 4 heteroatoms. The largest absolute Gasteiger partial charge is 0.465 e. The molecule has 0 saturated carbocycles. The molecule has 0 aromatic rings. The fraction of sp³-hybridized carbons (Fsp3) is 0.939. The number of rotatable bonds is 28. The molecular formula is C33H64O4. The molecule has 0 aromatic carbocycles. The molecule has 0 spiro atoms. The summed E-state index contributed by atoms with van der Waals surface area (Å²) >= 11 is 0. The molecular weight excluding hydrogens is 460 g/mol. The number of carbonyl (C=O) groups is 2. The van der Waals surface area contributed by atoms with Gasteiger partial charge in [0.1, 0.15) is 0 Å². The van der Waals surface area contributed by atoms with E-state index in [0.29, 0.717) is 26.1 Å². The maximum Gasteiger partial charge on any atom is 0.323 e. The number of unbranched alkanes of at least 4 members (excludes halogenated alkanes) is 20. The predicted molar refractivity (Wildman–Crippen MR) is 158 cm³/mol. The van der Waals surface area contributed by atoms with E-state index >= 15 is 0 Å². The van der Waals surface area contributed by atoms with Crippen molar-refractivity contribution in [3.8, 4) is 0 Å². The Morgan fingerprint density at radius 1 is 0.405 bits per heavy atom. The Morgan fingerprint density at radius 2 is 0.649 bits per heavy atom. The average molecular weight is 525 g/mol. The van der Waals surface area contributed by atoms with E-state index in [9.17, 15) is 9.59 Å². The molecule has 220 valence electrons. The molecule has 0 fully saturated rings. The van der Waals surface area contributed by atoms with Crippen LogP contribution in [-0.2, 0) is 19.1 Å². The van der Waals surface area contributed by atoms with Gasteiger partial charge >= 0.3 is 11.9 Å². The summed E-state index contributed by atoms with van der Waals surface area (Å²) in [4.78, 5) is 25.7. The minimum Gasteiger partial charge on any atom is -0.465 e. The molecule has 0 aliphatic heterocycles. The minimum absolute atomic E-state index is 0.395. The monoisotopic (exact) mass is 524 g/mol. The second-order valence-electron chi connectivity index (χ2n) is 11.1. The first-order chi connectivity index (χ1) is 18.1. The molecule has 0 radical (unpaired) electrons. The predicted octanol–water partition coefficient (Wildman–Crippen LogP) is 10.5. The molecule has 0 bridgehead atoms. The first-order valence-corrected chi connectivity index (χ1v) is 16.4. The number of esters is 2. The Bertz CT molecular complexity index is 512. The van der Waals surface area contributed by atoms with E-state index in [1.165, 1.54) is 116 Å². The Labute approximate surface area is 231 Å². The van der Waals surface area contributed by atoms with Gasteiger partial charge in [-0.15, -0.1) is 0 Å². The van der Waals surface area contributed by atoms with Crippen LogP contribution in [0.15, 0.2) is 0 Å². The fourth-order valence-corrected chi connectivity index (χ4v) is 5.05. The second kappa shape index (κ2) is 26.5. The zero-order valence-corrected chi connectivity index (χ0v) is 25.5. The summed E-state index contributed by atoms with van der Waals surface area (Å²) in [5.74, 6) is -0.791. The van der Waals surface area contributed by atoms with E-state index in [2.05, 4.69) is 13.8 Å². The van der Waals surface area contributed by atoms with Crippen molar-refractivity contribution in [3.05, 3.63) is 0 Å². The lowest BCUT2D eigenvalue weighted by Gasteiger charge is -2.27. The Balaban J connectivity index is 3.89. The van der Waals surface area contributed by atoms with Gasteiger partial charge in [0, 0.05) is 0 Å². The third-order valence-corrected chi connectivity index (χ3v) is 7.95. The molecule has 0 heterocycles. The van der Waals surface area contributed by atoms with Gasteiger partial charge in [0.2, 0.25) is 0 Å². The van der Waals surface area contributed by atoms with E-state index in [0.717, 1.165) is 25.7 Å². The van der Waals surface area contributed by atoms with Crippen molar-refractivity contribution in [1.82, 2.24) is 0 Å². The molecule has 4 nitrogen and oxygen atoms in total.